The van der Waals surface area contributed by atoms with Crippen LogP contribution in [0.2, 0.25) is 0 Å². The summed E-state index contributed by atoms with van der Waals surface area (Å²) in [7, 11) is 0. The molecule has 1 aromatic heterocycles. The molecule has 5 rings (SSSR count). The van der Waals surface area contributed by atoms with E-state index in [1.807, 2.05) is 20.8 Å². The minimum absolute atomic E-state index is 0.147. The Morgan fingerprint density at radius 2 is 1.65 bits per heavy atom. The third kappa shape index (κ3) is 2.94. The molecule has 1 heterocycles. The van der Waals surface area contributed by atoms with Crippen molar-refractivity contribution < 1.29 is 26.3 Å². The van der Waals surface area contributed by atoms with Gasteiger partial charge in [-0.25, -0.2) is 17.9 Å². The summed E-state index contributed by atoms with van der Waals surface area (Å²) in [6.07, 6.45) is -3.39. The van der Waals surface area contributed by atoms with E-state index >= 15 is 0 Å². The van der Waals surface area contributed by atoms with E-state index in [2.05, 4.69) is 0 Å². The second-order valence-electron chi connectivity index (χ2n) is 9.98. The van der Waals surface area contributed by atoms with E-state index < -0.39 is 46.7 Å². The van der Waals surface area contributed by atoms with Crippen molar-refractivity contribution in [2.45, 2.75) is 57.7 Å². The highest BCUT2D eigenvalue weighted by Crippen LogP contribution is 2.67. The largest absolute Gasteiger partial charge is 0.416 e. The number of alkyl halides is 3. The maximum Gasteiger partial charge on any atom is 0.416 e. The van der Waals surface area contributed by atoms with Gasteiger partial charge in [0.05, 0.1) is 17.8 Å². The Morgan fingerprint density at radius 1 is 1.00 bits per heavy atom. The van der Waals surface area contributed by atoms with E-state index in [-0.39, 0.29) is 22.6 Å². The third-order valence-electron chi connectivity index (χ3n) is 8.11. The predicted octanol–water partition coefficient (Wildman–Crippen LogP) is 6.30. The lowest BCUT2D eigenvalue weighted by Gasteiger charge is -2.36. The van der Waals surface area contributed by atoms with Gasteiger partial charge in [0.25, 0.3) is 5.56 Å². The predicted molar refractivity (Wildman–Crippen MR) is 114 cm³/mol. The van der Waals surface area contributed by atoms with Crippen LogP contribution in [0.25, 0.3) is 5.69 Å². The van der Waals surface area contributed by atoms with Crippen molar-refractivity contribution in [3.63, 3.8) is 0 Å². The van der Waals surface area contributed by atoms with Gasteiger partial charge in [-0.2, -0.15) is 13.2 Å². The fourth-order valence-corrected chi connectivity index (χ4v) is 6.04. The van der Waals surface area contributed by atoms with E-state index in [9.17, 15) is 31.1 Å². The summed E-state index contributed by atoms with van der Waals surface area (Å²) in [5.41, 5.74) is -2.08. The number of aromatic nitrogens is 2. The molecular formula is C25H22F6N2O. The monoisotopic (exact) mass is 480 g/mol. The molecule has 1 saturated carbocycles. The molecule has 0 radical (unpaired) electrons. The van der Waals surface area contributed by atoms with Crippen LogP contribution in [0.5, 0.6) is 0 Å². The van der Waals surface area contributed by atoms with Crippen LogP contribution in [0.1, 0.15) is 61.9 Å². The van der Waals surface area contributed by atoms with E-state index in [1.165, 1.54) is 4.68 Å². The van der Waals surface area contributed by atoms with Gasteiger partial charge >= 0.3 is 6.18 Å². The molecule has 0 saturated heterocycles. The summed E-state index contributed by atoms with van der Waals surface area (Å²) in [6.45, 7) is 5.58. The lowest BCUT2D eigenvalue weighted by Crippen LogP contribution is -2.36. The summed E-state index contributed by atoms with van der Waals surface area (Å²) in [5.74, 6) is -3.04. The van der Waals surface area contributed by atoms with Crippen LogP contribution in [0, 0.1) is 22.9 Å². The summed E-state index contributed by atoms with van der Waals surface area (Å²) >= 11 is 0. The van der Waals surface area contributed by atoms with Gasteiger partial charge in [0.15, 0.2) is 5.82 Å². The second kappa shape index (κ2) is 7.02. The quantitative estimate of drug-likeness (QED) is 0.405. The normalized spacial score (nSPS) is 22.9. The van der Waals surface area contributed by atoms with Crippen LogP contribution in [0.3, 0.4) is 0 Å². The average molecular weight is 480 g/mol. The molecule has 2 atom stereocenters. The first-order valence-corrected chi connectivity index (χ1v) is 10.9. The summed E-state index contributed by atoms with van der Waals surface area (Å²) in [5, 5.41) is 0. The highest BCUT2D eigenvalue weighted by Gasteiger charge is 2.63. The lowest BCUT2D eigenvalue weighted by molar-refractivity contribution is -0.138. The van der Waals surface area contributed by atoms with Gasteiger partial charge in [-0.1, -0.05) is 26.8 Å². The van der Waals surface area contributed by atoms with E-state index in [0.717, 1.165) is 35.4 Å². The maximum absolute atomic E-state index is 14.8. The molecule has 0 unspecified atom stereocenters. The SMILES string of the molecule is CC1(C)[C@@H]2CC[C@@]1(C)c1c2c(=O)n(-c2ccc(F)cc2F)n1Cc1ccc(F)cc1C(F)(F)F. The molecule has 3 nitrogen and oxygen atoms in total. The molecule has 1 fully saturated rings. The van der Waals surface area contributed by atoms with E-state index in [4.69, 9.17) is 0 Å². The first-order chi connectivity index (χ1) is 15.8. The highest BCUT2D eigenvalue weighted by atomic mass is 19.4. The van der Waals surface area contributed by atoms with Gasteiger partial charge in [-0.15, -0.1) is 0 Å². The number of halogens is 6. The van der Waals surface area contributed by atoms with Crippen molar-refractivity contribution in [2.75, 3.05) is 0 Å². The zero-order valence-corrected chi connectivity index (χ0v) is 18.7. The molecule has 0 N–H and O–H groups in total. The molecule has 34 heavy (non-hydrogen) atoms. The molecule has 3 aromatic rings. The number of benzene rings is 2. The smallest absolute Gasteiger partial charge is 0.277 e. The number of hydrogen-bond donors (Lipinski definition) is 0. The molecule has 0 aliphatic heterocycles. The van der Waals surface area contributed by atoms with Gasteiger partial charge in [-0.3, -0.25) is 9.48 Å². The highest BCUT2D eigenvalue weighted by molar-refractivity contribution is 5.48. The van der Waals surface area contributed by atoms with Crippen LogP contribution >= 0.6 is 0 Å². The van der Waals surface area contributed by atoms with Crippen LogP contribution in [-0.2, 0) is 18.1 Å². The van der Waals surface area contributed by atoms with Crippen molar-refractivity contribution in [3.8, 4) is 5.69 Å². The fourth-order valence-electron chi connectivity index (χ4n) is 6.04. The number of nitrogens with zero attached hydrogens (tertiary/aromatic N) is 2. The Hall–Kier alpha value is -2.97. The van der Waals surface area contributed by atoms with E-state index in [1.54, 1.807) is 0 Å². The number of fused-ring (bicyclic) bond motifs is 5. The minimum atomic E-state index is -4.83. The summed E-state index contributed by atoms with van der Waals surface area (Å²) in [6, 6.07) is 5.09. The van der Waals surface area contributed by atoms with Gasteiger partial charge in [0.1, 0.15) is 17.3 Å². The fraction of sp³-hybridized carbons (Fsp3) is 0.400. The molecular weight excluding hydrogens is 458 g/mol. The van der Waals surface area contributed by atoms with Gasteiger partial charge in [0, 0.05) is 17.0 Å². The van der Waals surface area contributed by atoms with Gasteiger partial charge < -0.3 is 0 Å². The first-order valence-electron chi connectivity index (χ1n) is 10.9. The average Bonchev–Trinajstić information content (AvgIpc) is 3.21. The molecule has 9 heteroatoms. The molecule has 2 bridgehead atoms. The van der Waals surface area contributed by atoms with Crippen molar-refractivity contribution in [3.05, 3.63) is 86.6 Å². The van der Waals surface area contributed by atoms with Crippen molar-refractivity contribution >= 4 is 0 Å². The van der Waals surface area contributed by atoms with Crippen LogP contribution in [0.4, 0.5) is 26.3 Å². The Labute approximate surface area is 191 Å². The molecule has 2 aromatic carbocycles. The van der Waals surface area contributed by atoms with Crippen molar-refractivity contribution in [1.29, 1.82) is 0 Å². The topological polar surface area (TPSA) is 26.9 Å². The lowest BCUT2D eigenvalue weighted by atomic mass is 9.70. The van der Waals surface area contributed by atoms with E-state index in [0.29, 0.717) is 29.8 Å². The van der Waals surface area contributed by atoms with Crippen LogP contribution in [-0.4, -0.2) is 9.36 Å². The zero-order chi connectivity index (χ0) is 24.8. The Balaban J connectivity index is 1.81. The van der Waals surface area contributed by atoms with Crippen LogP contribution < -0.4 is 5.56 Å². The minimum Gasteiger partial charge on any atom is -0.277 e. The van der Waals surface area contributed by atoms with Crippen molar-refractivity contribution in [2.24, 2.45) is 5.41 Å². The Bertz CT molecular complexity index is 1380. The second-order valence-corrected chi connectivity index (χ2v) is 9.98. The number of hydrogen-bond acceptors (Lipinski definition) is 1. The first kappa shape index (κ1) is 22.8. The standard InChI is InChI=1S/C25H22F6N2O/c1-23(2)16-8-9-24(23,3)21-20(16)22(34)33(19-7-6-15(27)11-18(19)28)32(21)12-13-4-5-14(26)10-17(13)25(29,30)31/h4-7,10-11,16H,8-9,12H2,1-3H3/t16-,24+/m1/s1. The molecule has 180 valence electrons. The number of rotatable bonds is 3. The van der Waals surface area contributed by atoms with Crippen LogP contribution in [0.15, 0.2) is 41.2 Å². The summed E-state index contributed by atoms with van der Waals surface area (Å²) < 4.78 is 85.8. The maximum atomic E-state index is 14.8. The molecule has 0 spiro atoms. The van der Waals surface area contributed by atoms with Crippen molar-refractivity contribution in [1.82, 2.24) is 9.36 Å². The zero-order valence-electron chi connectivity index (χ0n) is 18.7. The Morgan fingerprint density at radius 3 is 2.29 bits per heavy atom. The Kier molecular flexibility index (Phi) is 4.71. The molecule has 0 amide bonds. The van der Waals surface area contributed by atoms with Gasteiger partial charge in [-0.05, 0) is 54.0 Å². The summed E-state index contributed by atoms with van der Waals surface area (Å²) in [4.78, 5) is 13.7. The molecule has 2 aliphatic carbocycles. The van der Waals surface area contributed by atoms with Gasteiger partial charge in [0.2, 0.25) is 0 Å². The third-order valence-corrected chi connectivity index (χ3v) is 8.11. The molecule has 2 aliphatic rings.